The standard InChI is InChI=1S/C18H31N3O/c1-19-14-10-8-6-4-2-3-5-7-9-11-18(22)21-17-12-15-20-16-13-17/h12-13,15-16,19H,2-11,14H2,1H3,(H,20,21,22). The summed E-state index contributed by atoms with van der Waals surface area (Å²) < 4.78 is 0. The van der Waals surface area contributed by atoms with Crippen LogP contribution in [0.4, 0.5) is 5.69 Å². The maximum atomic E-state index is 11.7. The molecule has 0 bridgehead atoms. The first-order valence-electron chi connectivity index (χ1n) is 8.67. The molecule has 2 N–H and O–H groups in total. The zero-order chi connectivity index (χ0) is 15.9. The SMILES string of the molecule is CNCCCCCCCCCCCC(=O)Nc1ccncc1. The van der Waals surface area contributed by atoms with E-state index in [1.807, 2.05) is 19.2 Å². The van der Waals surface area contributed by atoms with Crippen molar-refractivity contribution in [3.63, 3.8) is 0 Å². The van der Waals surface area contributed by atoms with Crippen molar-refractivity contribution in [1.82, 2.24) is 10.3 Å². The molecular weight excluding hydrogens is 274 g/mol. The maximum Gasteiger partial charge on any atom is 0.224 e. The Morgan fingerprint density at radius 2 is 1.45 bits per heavy atom. The molecule has 1 rings (SSSR count). The van der Waals surface area contributed by atoms with Crippen LogP contribution in [0.2, 0.25) is 0 Å². The predicted molar refractivity (Wildman–Crippen MR) is 93.0 cm³/mol. The average molecular weight is 305 g/mol. The van der Waals surface area contributed by atoms with Gasteiger partial charge in [-0.05, 0) is 38.6 Å². The fourth-order valence-electron chi connectivity index (χ4n) is 2.48. The molecule has 1 heterocycles. The van der Waals surface area contributed by atoms with E-state index in [1.54, 1.807) is 12.4 Å². The summed E-state index contributed by atoms with van der Waals surface area (Å²) in [5.41, 5.74) is 0.832. The molecule has 0 atom stereocenters. The highest BCUT2D eigenvalue weighted by Gasteiger charge is 2.01. The molecule has 0 aliphatic heterocycles. The third-order valence-electron chi connectivity index (χ3n) is 3.79. The van der Waals surface area contributed by atoms with Gasteiger partial charge in [0.2, 0.25) is 5.91 Å². The second-order valence-corrected chi connectivity index (χ2v) is 5.82. The molecule has 22 heavy (non-hydrogen) atoms. The van der Waals surface area contributed by atoms with Gasteiger partial charge in [-0.15, -0.1) is 0 Å². The largest absolute Gasteiger partial charge is 0.326 e. The number of carbonyl (C=O) groups is 1. The van der Waals surface area contributed by atoms with Crippen LogP contribution in [0.15, 0.2) is 24.5 Å². The summed E-state index contributed by atoms with van der Waals surface area (Å²) in [6.45, 7) is 1.14. The summed E-state index contributed by atoms with van der Waals surface area (Å²) in [6, 6.07) is 3.63. The van der Waals surface area contributed by atoms with Crippen molar-refractivity contribution in [2.75, 3.05) is 18.9 Å². The Bertz CT molecular complexity index is 381. The van der Waals surface area contributed by atoms with Crippen molar-refractivity contribution < 1.29 is 4.79 Å². The molecule has 0 aliphatic carbocycles. The minimum atomic E-state index is 0.107. The third kappa shape index (κ3) is 10.3. The number of carbonyl (C=O) groups excluding carboxylic acids is 1. The third-order valence-corrected chi connectivity index (χ3v) is 3.79. The first-order valence-corrected chi connectivity index (χ1v) is 8.67. The number of nitrogens with zero attached hydrogens (tertiary/aromatic N) is 1. The molecule has 0 radical (unpaired) electrons. The number of hydrogen-bond acceptors (Lipinski definition) is 3. The molecule has 1 aromatic heterocycles. The van der Waals surface area contributed by atoms with E-state index in [-0.39, 0.29) is 5.91 Å². The number of unbranched alkanes of at least 4 members (excludes halogenated alkanes) is 8. The molecule has 124 valence electrons. The topological polar surface area (TPSA) is 54.0 Å². The monoisotopic (exact) mass is 305 g/mol. The second-order valence-electron chi connectivity index (χ2n) is 5.82. The smallest absolute Gasteiger partial charge is 0.224 e. The fraction of sp³-hybridized carbons (Fsp3) is 0.667. The van der Waals surface area contributed by atoms with Crippen LogP contribution in [-0.4, -0.2) is 24.5 Å². The molecule has 0 unspecified atom stereocenters. The summed E-state index contributed by atoms with van der Waals surface area (Å²) >= 11 is 0. The Morgan fingerprint density at radius 1 is 0.909 bits per heavy atom. The molecular formula is C18H31N3O. The van der Waals surface area contributed by atoms with Crippen LogP contribution >= 0.6 is 0 Å². The number of nitrogens with one attached hydrogen (secondary N) is 2. The summed E-state index contributed by atoms with van der Waals surface area (Å²) in [6.07, 6.45) is 15.4. The van der Waals surface area contributed by atoms with Gasteiger partial charge in [0, 0.05) is 24.5 Å². The van der Waals surface area contributed by atoms with Crippen molar-refractivity contribution in [1.29, 1.82) is 0 Å². The van der Waals surface area contributed by atoms with E-state index >= 15 is 0 Å². The van der Waals surface area contributed by atoms with E-state index in [0.717, 1.165) is 25.1 Å². The minimum absolute atomic E-state index is 0.107. The number of pyridine rings is 1. The van der Waals surface area contributed by atoms with Crippen molar-refractivity contribution in [3.05, 3.63) is 24.5 Å². The van der Waals surface area contributed by atoms with Gasteiger partial charge in [-0.2, -0.15) is 0 Å². The van der Waals surface area contributed by atoms with Crippen LogP contribution in [0.25, 0.3) is 0 Å². The molecule has 0 fully saturated rings. The van der Waals surface area contributed by atoms with Crippen molar-refractivity contribution >= 4 is 11.6 Å². The Morgan fingerprint density at radius 3 is 2.05 bits per heavy atom. The summed E-state index contributed by atoms with van der Waals surface area (Å²) in [4.78, 5) is 15.7. The molecule has 1 aromatic rings. The van der Waals surface area contributed by atoms with Gasteiger partial charge in [0.05, 0.1) is 0 Å². The lowest BCUT2D eigenvalue weighted by Gasteiger charge is -2.05. The van der Waals surface area contributed by atoms with Gasteiger partial charge in [0.1, 0.15) is 0 Å². The van der Waals surface area contributed by atoms with E-state index in [4.69, 9.17) is 0 Å². The van der Waals surface area contributed by atoms with Gasteiger partial charge < -0.3 is 10.6 Å². The maximum absolute atomic E-state index is 11.7. The van der Waals surface area contributed by atoms with Gasteiger partial charge in [0.15, 0.2) is 0 Å². The van der Waals surface area contributed by atoms with Crippen LogP contribution in [0.3, 0.4) is 0 Å². The molecule has 0 aliphatic rings. The van der Waals surface area contributed by atoms with Crippen LogP contribution in [0.1, 0.15) is 64.2 Å². The lowest BCUT2D eigenvalue weighted by atomic mass is 10.1. The normalized spacial score (nSPS) is 10.6. The van der Waals surface area contributed by atoms with Gasteiger partial charge in [-0.3, -0.25) is 9.78 Å². The molecule has 0 saturated heterocycles. The van der Waals surface area contributed by atoms with Crippen LogP contribution in [0, 0.1) is 0 Å². The Labute approximate surface area is 135 Å². The Kier molecular flexibility index (Phi) is 11.2. The summed E-state index contributed by atoms with van der Waals surface area (Å²) in [5.74, 6) is 0.107. The van der Waals surface area contributed by atoms with Crippen molar-refractivity contribution in [2.24, 2.45) is 0 Å². The lowest BCUT2D eigenvalue weighted by Crippen LogP contribution is -2.10. The molecule has 4 nitrogen and oxygen atoms in total. The van der Waals surface area contributed by atoms with Gasteiger partial charge in [-0.25, -0.2) is 0 Å². The van der Waals surface area contributed by atoms with E-state index in [1.165, 1.54) is 44.9 Å². The van der Waals surface area contributed by atoms with Gasteiger partial charge in [-0.1, -0.05) is 44.9 Å². The highest BCUT2D eigenvalue weighted by Crippen LogP contribution is 2.11. The Balaban J connectivity index is 1.86. The van der Waals surface area contributed by atoms with Gasteiger partial charge >= 0.3 is 0 Å². The number of amides is 1. The van der Waals surface area contributed by atoms with E-state index in [9.17, 15) is 4.79 Å². The van der Waals surface area contributed by atoms with Crippen molar-refractivity contribution in [2.45, 2.75) is 64.2 Å². The molecule has 0 saturated carbocycles. The molecule has 0 spiro atoms. The zero-order valence-corrected chi connectivity index (χ0v) is 13.9. The quantitative estimate of drug-likeness (QED) is 0.538. The molecule has 0 aromatic carbocycles. The van der Waals surface area contributed by atoms with Crippen molar-refractivity contribution in [3.8, 4) is 0 Å². The van der Waals surface area contributed by atoms with Gasteiger partial charge in [0.25, 0.3) is 0 Å². The summed E-state index contributed by atoms with van der Waals surface area (Å²) in [5, 5.41) is 6.07. The molecule has 4 heteroatoms. The highest BCUT2D eigenvalue weighted by atomic mass is 16.1. The predicted octanol–water partition coefficient (Wildman–Crippen LogP) is 4.14. The van der Waals surface area contributed by atoms with Crippen LogP contribution in [-0.2, 0) is 4.79 Å². The summed E-state index contributed by atoms with van der Waals surface area (Å²) in [7, 11) is 2.01. The van der Waals surface area contributed by atoms with E-state index in [2.05, 4.69) is 15.6 Å². The first-order chi connectivity index (χ1) is 10.8. The second kappa shape index (κ2) is 13.3. The van der Waals surface area contributed by atoms with E-state index in [0.29, 0.717) is 6.42 Å². The minimum Gasteiger partial charge on any atom is -0.326 e. The number of hydrogen-bond donors (Lipinski definition) is 2. The van der Waals surface area contributed by atoms with Crippen LogP contribution in [0.5, 0.6) is 0 Å². The number of aromatic nitrogens is 1. The van der Waals surface area contributed by atoms with E-state index < -0.39 is 0 Å². The fourth-order valence-corrected chi connectivity index (χ4v) is 2.48. The first kappa shape index (κ1) is 18.6. The Hall–Kier alpha value is -1.42. The molecule has 1 amide bonds. The zero-order valence-electron chi connectivity index (χ0n) is 13.9. The van der Waals surface area contributed by atoms with Crippen LogP contribution < -0.4 is 10.6 Å². The average Bonchev–Trinajstić information content (AvgIpc) is 2.53. The highest BCUT2D eigenvalue weighted by molar-refractivity contribution is 5.90. The number of anilines is 1. The number of rotatable bonds is 13. The lowest BCUT2D eigenvalue weighted by molar-refractivity contribution is -0.116.